The average Bonchev–Trinajstić information content (AvgIpc) is 2.48. The fourth-order valence-electron chi connectivity index (χ4n) is 2.47. The molecule has 19 heavy (non-hydrogen) atoms. The quantitative estimate of drug-likeness (QED) is 0.777. The third-order valence-corrected chi connectivity index (χ3v) is 3.52. The molecule has 0 bridgehead atoms. The lowest BCUT2D eigenvalue weighted by Gasteiger charge is -2.14. The van der Waals surface area contributed by atoms with Crippen molar-refractivity contribution in [2.24, 2.45) is 0 Å². The van der Waals surface area contributed by atoms with Crippen LogP contribution in [0.4, 0.5) is 0 Å². The highest BCUT2D eigenvalue weighted by Gasteiger charge is 2.14. The van der Waals surface area contributed by atoms with Crippen molar-refractivity contribution in [1.29, 1.82) is 5.26 Å². The third-order valence-electron chi connectivity index (χ3n) is 3.52. The van der Waals surface area contributed by atoms with Crippen LogP contribution in [0.2, 0.25) is 0 Å². The molecule has 98 valence electrons. The number of unbranched alkanes of at least 4 members (excludes halogenated alkanes) is 1. The Kier molecular flexibility index (Phi) is 4.41. The minimum absolute atomic E-state index is 0.0317. The molecule has 2 heteroatoms. The summed E-state index contributed by atoms with van der Waals surface area (Å²) < 4.78 is 5.39. The normalized spacial score (nSPS) is 12.1. The number of methoxy groups -OCH3 is 1. The van der Waals surface area contributed by atoms with Gasteiger partial charge in [0, 0.05) is 5.39 Å². The predicted molar refractivity (Wildman–Crippen MR) is 78.4 cm³/mol. The van der Waals surface area contributed by atoms with E-state index < -0.39 is 0 Å². The fraction of sp³-hybridized carbons (Fsp3) is 0.353. The molecule has 1 atom stereocenters. The molecular formula is C17H19NO. The molecule has 0 saturated heterocycles. The van der Waals surface area contributed by atoms with Gasteiger partial charge in [0.25, 0.3) is 0 Å². The fourth-order valence-corrected chi connectivity index (χ4v) is 2.47. The summed E-state index contributed by atoms with van der Waals surface area (Å²) in [4.78, 5) is 0. The van der Waals surface area contributed by atoms with E-state index in [4.69, 9.17) is 4.74 Å². The van der Waals surface area contributed by atoms with Crippen LogP contribution in [0.1, 0.15) is 37.7 Å². The Bertz CT molecular complexity index is 598. The lowest BCUT2D eigenvalue weighted by Crippen LogP contribution is -1.98. The third kappa shape index (κ3) is 2.71. The molecule has 0 amide bonds. The van der Waals surface area contributed by atoms with Gasteiger partial charge in [0.15, 0.2) is 0 Å². The van der Waals surface area contributed by atoms with E-state index in [0.29, 0.717) is 0 Å². The van der Waals surface area contributed by atoms with Crippen molar-refractivity contribution < 1.29 is 4.74 Å². The molecule has 0 heterocycles. The Morgan fingerprint density at radius 2 is 1.89 bits per heavy atom. The van der Waals surface area contributed by atoms with Crippen LogP contribution in [0, 0.1) is 11.3 Å². The maximum atomic E-state index is 9.41. The molecule has 2 rings (SSSR count). The zero-order chi connectivity index (χ0) is 13.7. The molecule has 0 spiro atoms. The summed E-state index contributed by atoms with van der Waals surface area (Å²) >= 11 is 0. The second-order valence-electron chi connectivity index (χ2n) is 4.73. The smallest absolute Gasteiger partial charge is 0.126 e. The summed E-state index contributed by atoms with van der Waals surface area (Å²) in [7, 11) is 1.68. The molecule has 0 saturated carbocycles. The number of nitriles is 1. The van der Waals surface area contributed by atoms with Gasteiger partial charge < -0.3 is 4.74 Å². The summed E-state index contributed by atoms with van der Waals surface area (Å²) in [5.74, 6) is 0.835. The summed E-state index contributed by atoms with van der Waals surface area (Å²) in [6.07, 6.45) is 3.12. The first-order chi connectivity index (χ1) is 9.31. The van der Waals surface area contributed by atoms with Gasteiger partial charge in [-0.25, -0.2) is 0 Å². The number of hydrogen-bond donors (Lipinski definition) is 0. The lowest BCUT2D eigenvalue weighted by molar-refractivity contribution is 0.419. The number of hydrogen-bond acceptors (Lipinski definition) is 2. The monoisotopic (exact) mass is 253 g/mol. The van der Waals surface area contributed by atoms with Crippen LogP contribution in [0.25, 0.3) is 10.8 Å². The second kappa shape index (κ2) is 6.24. The second-order valence-corrected chi connectivity index (χ2v) is 4.73. The van der Waals surface area contributed by atoms with Crippen molar-refractivity contribution in [2.75, 3.05) is 7.11 Å². The molecule has 2 nitrogen and oxygen atoms in total. The maximum absolute atomic E-state index is 9.41. The molecule has 0 radical (unpaired) electrons. The van der Waals surface area contributed by atoms with Crippen LogP contribution in [0.3, 0.4) is 0 Å². The van der Waals surface area contributed by atoms with E-state index in [9.17, 15) is 5.26 Å². The van der Waals surface area contributed by atoms with Crippen LogP contribution >= 0.6 is 0 Å². The molecule has 0 aliphatic carbocycles. The SMILES string of the molecule is CCCCC(C#N)c1ccc(OC)c2ccccc12. The van der Waals surface area contributed by atoms with E-state index in [0.717, 1.165) is 41.3 Å². The molecule has 1 unspecified atom stereocenters. The highest BCUT2D eigenvalue weighted by Crippen LogP contribution is 2.33. The van der Waals surface area contributed by atoms with Gasteiger partial charge in [0.05, 0.1) is 19.1 Å². The van der Waals surface area contributed by atoms with Crippen LogP contribution in [0.15, 0.2) is 36.4 Å². The van der Waals surface area contributed by atoms with Gasteiger partial charge in [-0.15, -0.1) is 0 Å². The molecule has 0 aliphatic heterocycles. The standard InChI is InChI=1S/C17H19NO/c1-3-4-7-13(12-18)14-10-11-17(19-2)16-9-6-5-8-15(14)16/h5-6,8-11,13H,3-4,7H2,1-2H3. The van der Waals surface area contributed by atoms with Crippen molar-refractivity contribution in [3.05, 3.63) is 42.0 Å². The van der Waals surface area contributed by atoms with Crippen molar-refractivity contribution in [2.45, 2.75) is 32.1 Å². The van der Waals surface area contributed by atoms with Gasteiger partial charge in [0.1, 0.15) is 5.75 Å². The topological polar surface area (TPSA) is 33.0 Å². The van der Waals surface area contributed by atoms with E-state index in [1.54, 1.807) is 7.11 Å². The first-order valence-corrected chi connectivity index (χ1v) is 6.77. The Morgan fingerprint density at radius 1 is 1.16 bits per heavy atom. The first-order valence-electron chi connectivity index (χ1n) is 6.77. The van der Waals surface area contributed by atoms with E-state index in [1.165, 1.54) is 0 Å². The van der Waals surface area contributed by atoms with Crippen LogP contribution in [-0.4, -0.2) is 7.11 Å². The van der Waals surface area contributed by atoms with Gasteiger partial charge in [0.2, 0.25) is 0 Å². The molecule has 0 aliphatic rings. The highest BCUT2D eigenvalue weighted by atomic mass is 16.5. The summed E-state index contributed by atoms with van der Waals surface area (Å²) in [5, 5.41) is 11.6. The Hall–Kier alpha value is -2.01. The number of nitrogens with zero attached hydrogens (tertiary/aromatic N) is 1. The van der Waals surface area contributed by atoms with Gasteiger partial charge >= 0.3 is 0 Å². The van der Waals surface area contributed by atoms with Gasteiger partial charge in [-0.1, -0.05) is 50.1 Å². The Balaban J connectivity index is 2.52. The van der Waals surface area contributed by atoms with Crippen molar-refractivity contribution in [3.63, 3.8) is 0 Å². The minimum Gasteiger partial charge on any atom is -0.496 e. The molecule has 0 N–H and O–H groups in total. The summed E-state index contributed by atoms with van der Waals surface area (Å²) in [6.45, 7) is 2.15. The number of ether oxygens (including phenoxy) is 1. The van der Waals surface area contributed by atoms with Crippen molar-refractivity contribution in [1.82, 2.24) is 0 Å². The lowest BCUT2D eigenvalue weighted by atomic mass is 9.90. The van der Waals surface area contributed by atoms with E-state index in [-0.39, 0.29) is 5.92 Å². The molecule has 0 fully saturated rings. The molecule has 2 aromatic rings. The Morgan fingerprint density at radius 3 is 2.53 bits per heavy atom. The largest absolute Gasteiger partial charge is 0.496 e. The number of benzene rings is 2. The number of fused-ring (bicyclic) bond motifs is 1. The van der Waals surface area contributed by atoms with Crippen LogP contribution in [0.5, 0.6) is 5.75 Å². The van der Waals surface area contributed by atoms with E-state index >= 15 is 0 Å². The van der Waals surface area contributed by atoms with Gasteiger partial charge in [-0.3, -0.25) is 0 Å². The predicted octanol–water partition coefficient (Wildman–Crippen LogP) is 4.65. The minimum atomic E-state index is -0.0317. The van der Waals surface area contributed by atoms with Gasteiger partial charge in [-0.05, 0) is 23.4 Å². The molecule has 2 aromatic carbocycles. The summed E-state index contributed by atoms with van der Waals surface area (Å²) in [6, 6.07) is 14.6. The average molecular weight is 253 g/mol. The first kappa shape index (κ1) is 13.4. The van der Waals surface area contributed by atoms with Crippen LogP contribution < -0.4 is 4.74 Å². The summed E-state index contributed by atoms with van der Waals surface area (Å²) in [5.41, 5.74) is 1.12. The van der Waals surface area contributed by atoms with E-state index in [1.807, 2.05) is 30.3 Å². The van der Waals surface area contributed by atoms with E-state index in [2.05, 4.69) is 19.1 Å². The van der Waals surface area contributed by atoms with Gasteiger partial charge in [-0.2, -0.15) is 5.26 Å². The number of rotatable bonds is 5. The highest BCUT2D eigenvalue weighted by molar-refractivity contribution is 5.91. The molecule has 0 aromatic heterocycles. The van der Waals surface area contributed by atoms with Crippen LogP contribution in [-0.2, 0) is 0 Å². The Labute approximate surface area is 114 Å². The molecular weight excluding hydrogens is 234 g/mol. The van der Waals surface area contributed by atoms with Crippen molar-refractivity contribution >= 4 is 10.8 Å². The van der Waals surface area contributed by atoms with Crippen molar-refractivity contribution in [3.8, 4) is 11.8 Å². The zero-order valence-corrected chi connectivity index (χ0v) is 11.5. The maximum Gasteiger partial charge on any atom is 0.126 e. The zero-order valence-electron chi connectivity index (χ0n) is 11.5.